The van der Waals surface area contributed by atoms with E-state index in [4.69, 9.17) is 21.4 Å². The van der Waals surface area contributed by atoms with Crippen LogP contribution in [0.4, 0.5) is 5.69 Å². The van der Waals surface area contributed by atoms with Gasteiger partial charge in [0.2, 0.25) is 5.91 Å². The maximum absolute atomic E-state index is 12.0. The molecule has 0 bridgehead atoms. The lowest BCUT2D eigenvalue weighted by molar-refractivity contribution is -0.116. The number of carbonyl (C=O) groups is 2. The Kier molecular flexibility index (Phi) is 18.3. The topological polar surface area (TPSA) is 92.1 Å². The molecule has 2 aromatic carbocycles. The van der Waals surface area contributed by atoms with Gasteiger partial charge in [-0.25, -0.2) is 4.79 Å². The Hall–Kier alpha value is -3.55. The van der Waals surface area contributed by atoms with Gasteiger partial charge in [-0.05, 0) is 43.7 Å². The second-order valence-electron chi connectivity index (χ2n) is 10.5. The number of carbonyl (C=O) groups excluding carboxylic acids is 2. The molecule has 1 amide bonds. The van der Waals surface area contributed by atoms with Gasteiger partial charge in [0.1, 0.15) is 6.54 Å². The Morgan fingerprint density at radius 3 is 2.16 bits per heavy atom. The van der Waals surface area contributed by atoms with E-state index in [1.165, 1.54) is 51.4 Å². The average Bonchev–Trinajstić information content (AvgIpc) is 3.16. The summed E-state index contributed by atoms with van der Waals surface area (Å²) in [5, 5.41) is 8.20. The summed E-state index contributed by atoms with van der Waals surface area (Å²) >= 11 is 6.11. The van der Waals surface area contributed by atoms with E-state index in [0.717, 1.165) is 35.4 Å². The third-order valence-electron chi connectivity index (χ3n) is 7.00. The number of ether oxygens (including phenoxy) is 1. The third-order valence-corrected chi connectivity index (χ3v) is 7.23. The molecule has 0 unspecified atom stereocenters. The Morgan fingerprint density at radius 2 is 1.55 bits per heavy atom. The molecule has 238 valence electrons. The number of aromatic nitrogens is 1. The standard InChI is InChI=1S/C18H29NO2.C16H13ClN2O.C2H6O/c1-2-3-4-5-6-7-8-9-10-11-15-21-18(20)17-13-12-14-19-16-17;1-19-14-8-7-12(17)9-13(14)16(18-10-15(19)20)11-5-3-2-4-6-11;1-2-3/h12-14,16H,2-11,15H2,1H3;2-9H,10H2,1H3;3H,2H2,1H3. The number of aliphatic hydroxyl groups excluding tert-OH is 1. The van der Waals surface area contributed by atoms with Crippen LogP contribution in [-0.4, -0.2) is 54.5 Å². The first-order valence-electron chi connectivity index (χ1n) is 15.8. The summed E-state index contributed by atoms with van der Waals surface area (Å²) in [6.07, 6.45) is 16.0. The highest BCUT2D eigenvalue weighted by Gasteiger charge is 2.22. The van der Waals surface area contributed by atoms with Gasteiger partial charge in [0.05, 0.1) is 23.6 Å². The molecular weight excluding hydrogens is 574 g/mol. The van der Waals surface area contributed by atoms with Gasteiger partial charge in [0.15, 0.2) is 0 Å². The molecule has 0 saturated carbocycles. The van der Waals surface area contributed by atoms with Crippen LogP contribution in [0.25, 0.3) is 0 Å². The summed E-state index contributed by atoms with van der Waals surface area (Å²) in [6, 6.07) is 18.8. The monoisotopic (exact) mass is 621 g/mol. The molecule has 1 aromatic heterocycles. The number of likely N-dealkylation sites (N-methyl/N-ethyl adjacent to an activating group) is 1. The first-order chi connectivity index (χ1) is 21.4. The highest BCUT2D eigenvalue weighted by atomic mass is 35.5. The van der Waals surface area contributed by atoms with Crippen molar-refractivity contribution in [3.63, 3.8) is 0 Å². The molecule has 1 aliphatic rings. The number of aliphatic imine (C=N–C) groups is 1. The normalized spacial score (nSPS) is 12.1. The molecular formula is C36H48ClN3O4. The lowest BCUT2D eigenvalue weighted by Gasteiger charge is -2.18. The Morgan fingerprint density at radius 1 is 0.909 bits per heavy atom. The van der Waals surface area contributed by atoms with Crippen LogP contribution in [0.3, 0.4) is 0 Å². The molecule has 0 fully saturated rings. The second-order valence-corrected chi connectivity index (χ2v) is 11.0. The third kappa shape index (κ3) is 13.4. The zero-order valence-corrected chi connectivity index (χ0v) is 27.3. The molecule has 4 rings (SSSR count). The van der Waals surface area contributed by atoms with Crippen LogP contribution in [0.5, 0.6) is 0 Å². The number of anilines is 1. The van der Waals surface area contributed by atoms with Crippen molar-refractivity contribution in [2.75, 3.05) is 31.7 Å². The highest BCUT2D eigenvalue weighted by Crippen LogP contribution is 2.28. The Labute approximate surface area is 268 Å². The molecule has 44 heavy (non-hydrogen) atoms. The number of unbranched alkanes of at least 4 members (excludes halogenated alkanes) is 9. The summed E-state index contributed by atoms with van der Waals surface area (Å²) in [4.78, 5) is 33.7. The second kappa shape index (κ2) is 22.0. The van der Waals surface area contributed by atoms with E-state index in [9.17, 15) is 9.59 Å². The van der Waals surface area contributed by atoms with Gasteiger partial charge < -0.3 is 14.7 Å². The van der Waals surface area contributed by atoms with Gasteiger partial charge in [0.25, 0.3) is 0 Å². The number of amides is 1. The highest BCUT2D eigenvalue weighted by molar-refractivity contribution is 6.32. The number of halogens is 1. The van der Waals surface area contributed by atoms with Crippen molar-refractivity contribution < 1.29 is 19.4 Å². The number of fused-ring (bicyclic) bond motifs is 1. The Balaban J connectivity index is 0.000000282. The summed E-state index contributed by atoms with van der Waals surface area (Å²) in [7, 11) is 1.76. The maximum atomic E-state index is 12.0. The molecule has 8 heteroatoms. The van der Waals surface area contributed by atoms with Crippen molar-refractivity contribution in [1.29, 1.82) is 0 Å². The van der Waals surface area contributed by atoms with E-state index in [1.54, 1.807) is 49.5 Å². The molecule has 3 aromatic rings. The summed E-state index contributed by atoms with van der Waals surface area (Å²) < 4.78 is 5.22. The van der Waals surface area contributed by atoms with Crippen LogP contribution in [-0.2, 0) is 9.53 Å². The average molecular weight is 622 g/mol. The molecule has 0 atom stereocenters. The molecule has 1 aliphatic heterocycles. The van der Waals surface area contributed by atoms with E-state index < -0.39 is 0 Å². The van der Waals surface area contributed by atoms with Crippen molar-refractivity contribution >= 4 is 34.9 Å². The van der Waals surface area contributed by atoms with Gasteiger partial charge in [-0.1, -0.05) is 107 Å². The van der Waals surface area contributed by atoms with Gasteiger partial charge in [-0.2, -0.15) is 0 Å². The van der Waals surface area contributed by atoms with Crippen molar-refractivity contribution in [1.82, 2.24) is 4.98 Å². The van der Waals surface area contributed by atoms with Gasteiger partial charge in [0, 0.05) is 42.2 Å². The zero-order chi connectivity index (χ0) is 32.0. The minimum absolute atomic E-state index is 0.0282. The molecule has 2 heterocycles. The lowest BCUT2D eigenvalue weighted by Crippen LogP contribution is -2.27. The lowest BCUT2D eigenvalue weighted by atomic mass is 10.0. The molecule has 0 spiro atoms. The first kappa shape index (κ1) is 36.6. The summed E-state index contributed by atoms with van der Waals surface area (Å²) in [5.74, 6) is -0.293. The van der Waals surface area contributed by atoms with Crippen LogP contribution in [0.1, 0.15) is 99.5 Å². The van der Waals surface area contributed by atoms with Gasteiger partial charge in [-0.15, -0.1) is 0 Å². The van der Waals surface area contributed by atoms with E-state index in [-0.39, 0.29) is 25.0 Å². The minimum atomic E-state index is -0.265. The SMILES string of the molecule is CCCCCCCCCCCCOC(=O)c1cccnc1.CCO.CN1C(=O)CN=C(c2ccccc2)c2cc(Cl)ccc21. The predicted molar refractivity (Wildman–Crippen MR) is 181 cm³/mol. The smallest absolute Gasteiger partial charge is 0.339 e. The van der Waals surface area contributed by atoms with Crippen molar-refractivity contribution in [3.8, 4) is 0 Å². The van der Waals surface area contributed by atoms with Crippen LogP contribution >= 0.6 is 11.6 Å². The number of hydrogen-bond donors (Lipinski definition) is 1. The van der Waals surface area contributed by atoms with E-state index in [0.29, 0.717) is 17.2 Å². The molecule has 0 radical (unpaired) electrons. The fraction of sp³-hybridized carbons (Fsp3) is 0.444. The number of rotatable bonds is 13. The summed E-state index contributed by atoms with van der Waals surface area (Å²) in [6.45, 7) is 4.85. The fourth-order valence-electron chi connectivity index (χ4n) is 4.63. The molecule has 0 saturated heterocycles. The van der Waals surface area contributed by atoms with Crippen molar-refractivity contribution in [2.45, 2.75) is 78.1 Å². The minimum Gasteiger partial charge on any atom is -0.462 e. The van der Waals surface area contributed by atoms with E-state index in [2.05, 4.69) is 16.9 Å². The Bertz CT molecular complexity index is 1270. The quantitative estimate of drug-likeness (QED) is 0.153. The molecule has 1 N–H and O–H groups in total. The van der Waals surface area contributed by atoms with Crippen LogP contribution in [0, 0.1) is 0 Å². The van der Waals surface area contributed by atoms with Crippen LogP contribution in [0.2, 0.25) is 5.02 Å². The number of esters is 1. The van der Waals surface area contributed by atoms with Gasteiger partial charge in [-0.3, -0.25) is 14.8 Å². The number of benzodiazepines with no additional fused rings is 1. The number of hydrogen-bond acceptors (Lipinski definition) is 6. The molecule has 7 nitrogen and oxygen atoms in total. The zero-order valence-electron chi connectivity index (χ0n) is 26.5. The van der Waals surface area contributed by atoms with Crippen LogP contribution in [0.15, 0.2) is 78.0 Å². The first-order valence-corrected chi connectivity index (χ1v) is 16.1. The van der Waals surface area contributed by atoms with Crippen molar-refractivity contribution in [2.24, 2.45) is 4.99 Å². The van der Waals surface area contributed by atoms with Gasteiger partial charge >= 0.3 is 5.97 Å². The van der Waals surface area contributed by atoms with E-state index in [1.807, 2.05) is 42.5 Å². The molecule has 0 aliphatic carbocycles. The number of benzene rings is 2. The number of aliphatic hydroxyl groups is 1. The van der Waals surface area contributed by atoms with E-state index >= 15 is 0 Å². The predicted octanol–water partition coefficient (Wildman–Crippen LogP) is 8.31. The fourth-order valence-corrected chi connectivity index (χ4v) is 4.80. The maximum Gasteiger partial charge on any atom is 0.339 e. The largest absolute Gasteiger partial charge is 0.462 e. The summed E-state index contributed by atoms with van der Waals surface area (Å²) in [5.41, 5.74) is 4.04. The number of nitrogens with zero attached hydrogens (tertiary/aromatic N) is 3. The van der Waals surface area contributed by atoms with Crippen LogP contribution < -0.4 is 4.90 Å². The number of pyridine rings is 1. The van der Waals surface area contributed by atoms with Crippen molar-refractivity contribution in [3.05, 3.63) is 94.8 Å².